The van der Waals surface area contributed by atoms with E-state index in [-0.39, 0.29) is 17.0 Å². The van der Waals surface area contributed by atoms with Gasteiger partial charge in [-0.3, -0.25) is 9.89 Å². The number of ketones is 1. The highest BCUT2D eigenvalue weighted by Crippen LogP contribution is 2.64. The molecule has 0 saturated heterocycles. The number of rotatable bonds is 4. The summed E-state index contributed by atoms with van der Waals surface area (Å²) in [6, 6.07) is 0. The molecule has 4 aliphatic rings. The van der Waals surface area contributed by atoms with E-state index in [0.717, 1.165) is 30.7 Å². The average Bonchev–Trinajstić information content (AvgIpc) is 3.34. The lowest BCUT2D eigenvalue weighted by Crippen LogP contribution is -2.47. The van der Waals surface area contributed by atoms with Crippen molar-refractivity contribution in [3.8, 4) is 0 Å². The fourth-order valence-electron chi connectivity index (χ4n) is 5.97. The Kier molecular flexibility index (Phi) is 3.74. The number of nitrogens with one attached hydrogen (secondary N) is 1. The lowest BCUT2D eigenvalue weighted by molar-refractivity contribution is -0.128. The highest BCUT2D eigenvalue weighted by Gasteiger charge is 2.65. The van der Waals surface area contributed by atoms with Gasteiger partial charge in [0.25, 0.3) is 0 Å². The van der Waals surface area contributed by atoms with Crippen LogP contribution in [0.2, 0.25) is 0 Å². The molecule has 0 spiro atoms. The summed E-state index contributed by atoms with van der Waals surface area (Å²) < 4.78 is 28.4. The van der Waals surface area contributed by atoms with Crippen molar-refractivity contribution in [2.24, 2.45) is 16.7 Å². The zero-order chi connectivity index (χ0) is 19.0. The predicted molar refractivity (Wildman–Crippen MR) is 102 cm³/mol. The molecule has 1 aliphatic heterocycles. The number of aromatic nitrogens is 2. The smallest absolute Gasteiger partial charge is 0.215 e. The van der Waals surface area contributed by atoms with E-state index in [2.05, 4.69) is 24.0 Å². The molecule has 3 fully saturated rings. The average molecular weight is 392 g/mol. The van der Waals surface area contributed by atoms with Gasteiger partial charge in [0.1, 0.15) is 5.78 Å². The molecule has 0 aromatic carbocycles. The van der Waals surface area contributed by atoms with Crippen LogP contribution < -0.4 is 0 Å². The van der Waals surface area contributed by atoms with Gasteiger partial charge in [-0.1, -0.05) is 13.8 Å². The van der Waals surface area contributed by atoms with E-state index >= 15 is 0 Å². The second-order valence-electron chi connectivity index (χ2n) is 9.66. The quantitative estimate of drug-likeness (QED) is 0.854. The van der Waals surface area contributed by atoms with E-state index in [0.29, 0.717) is 37.8 Å². The van der Waals surface area contributed by atoms with Crippen LogP contribution in [0.1, 0.15) is 68.8 Å². The third-order valence-electron chi connectivity index (χ3n) is 8.13. The number of carbonyl (C=O) groups excluding carboxylic acids is 1. The van der Waals surface area contributed by atoms with Gasteiger partial charge in [-0.25, -0.2) is 12.7 Å². The molecule has 3 saturated carbocycles. The maximum absolute atomic E-state index is 13.4. The van der Waals surface area contributed by atoms with Gasteiger partial charge in [0.15, 0.2) is 0 Å². The monoisotopic (exact) mass is 391 g/mol. The summed E-state index contributed by atoms with van der Waals surface area (Å²) in [6.07, 6.45) is 6.07. The molecule has 2 bridgehead atoms. The number of H-pyrrole nitrogens is 1. The summed E-state index contributed by atoms with van der Waals surface area (Å²) in [5.74, 6) is 1.08. The zero-order valence-electron chi connectivity index (χ0n) is 16.3. The van der Waals surface area contributed by atoms with Crippen LogP contribution in [0.4, 0.5) is 0 Å². The molecule has 27 heavy (non-hydrogen) atoms. The van der Waals surface area contributed by atoms with Crippen LogP contribution in [0.25, 0.3) is 0 Å². The first-order valence-electron chi connectivity index (χ1n) is 10.3. The molecule has 148 valence electrons. The van der Waals surface area contributed by atoms with Crippen molar-refractivity contribution in [1.82, 2.24) is 14.5 Å². The number of fused-ring (bicyclic) bond motifs is 3. The summed E-state index contributed by atoms with van der Waals surface area (Å²) in [7, 11) is -3.47. The summed E-state index contributed by atoms with van der Waals surface area (Å²) in [5.41, 5.74) is 2.61. The molecule has 0 amide bonds. The van der Waals surface area contributed by atoms with Crippen LogP contribution in [-0.2, 0) is 27.7 Å². The van der Waals surface area contributed by atoms with Crippen molar-refractivity contribution in [2.45, 2.75) is 64.7 Å². The van der Waals surface area contributed by atoms with E-state index in [4.69, 9.17) is 0 Å². The number of hydrogen-bond donors (Lipinski definition) is 1. The second kappa shape index (κ2) is 5.66. The number of carbonyl (C=O) groups is 1. The van der Waals surface area contributed by atoms with E-state index in [1.165, 1.54) is 18.4 Å². The SMILES string of the molecule is CC1(C)[C@@H]2CC[C@@]1(CS(=O)(=O)N1CCc3[nH]nc(C4CC4)c3CC1)C(=O)C2. The topological polar surface area (TPSA) is 83.1 Å². The van der Waals surface area contributed by atoms with Crippen LogP contribution in [0.5, 0.6) is 0 Å². The first kappa shape index (κ1) is 17.9. The Morgan fingerprint density at radius 1 is 1.19 bits per heavy atom. The van der Waals surface area contributed by atoms with E-state index in [9.17, 15) is 13.2 Å². The maximum atomic E-state index is 13.4. The van der Waals surface area contributed by atoms with E-state index < -0.39 is 15.4 Å². The molecular formula is C20H29N3O3S. The number of sulfonamides is 1. The Hall–Kier alpha value is -1.21. The predicted octanol–water partition coefficient (Wildman–Crippen LogP) is 2.41. The number of Topliss-reactive ketones (excluding diaryl/α,β-unsaturated/α-hetero) is 1. The second-order valence-corrected chi connectivity index (χ2v) is 11.6. The highest BCUT2D eigenvalue weighted by atomic mass is 32.2. The molecule has 1 N–H and O–H groups in total. The van der Waals surface area contributed by atoms with Crippen molar-refractivity contribution < 1.29 is 13.2 Å². The molecule has 6 nitrogen and oxygen atoms in total. The van der Waals surface area contributed by atoms with Gasteiger partial charge in [-0.15, -0.1) is 0 Å². The van der Waals surface area contributed by atoms with Gasteiger partial charge in [-0.2, -0.15) is 5.10 Å². The van der Waals surface area contributed by atoms with Crippen molar-refractivity contribution in [2.75, 3.05) is 18.8 Å². The summed E-state index contributed by atoms with van der Waals surface area (Å²) >= 11 is 0. The Bertz CT molecular complexity index is 900. The molecule has 0 radical (unpaired) electrons. The molecule has 7 heteroatoms. The zero-order valence-corrected chi connectivity index (χ0v) is 17.1. The van der Waals surface area contributed by atoms with E-state index in [1.807, 2.05) is 0 Å². The molecule has 1 aromatic rings. The first-order valence-corrected chi connectivity index (χ1v) is 11.9. The Labute approximate surface area is 161 Å². The minimum absolute atomic E-state index is 0.00992. The van der Waals surface area contributed by atoms with Crippen LogP contribution in [0, 0.1) is 16.7 Å². The largest absolute Gasteiger partial charge is 0.299 e. The van der Waals surface area contributed by atoms with Crippen molar-refractivity contribution in [1.29, 1.82) is 0 Å². The van der Waals surface area contributed by atoms with Gasteiger partial charge in [-0.05, 0) is 49.0 Å². The summed E-state index contributed by atoms with van der Waals surface area (Å²) in [5, 5.41) is 7.65. The Morgan fingerprint density at radius 2 is 1.93 bits per heavy atom. The van der Waals surface area contributed by atoms with Gasteiger partial charge in [0, 0.05) is 43.0 Å². The van der Waals surface area contributed by atoms with Crippen LogP contribution in [0.15, 0.2) is 0 Å². The van der Waals surface area contributed by atoms with Crippen LogP contribution in [-0.4, -0.2) is 47.5 Å². The Morgan fingerprint density at radius 3 is 2.56 bits per heavy atom. The fourth-order valence-corrected chi connectivity index (χ4v) is 8.19. The maximum Gasteiger partial charge on any atom is 0.215 e. The molecule has 5 rings (SSSR count). The molecule has 1 aromatic heterocycles. The van der Waals surface area contributed by atoms with E-state index in [1.54, 1.807) is 4.31 Å². The number of nitrogens with zero attached hydrogens (tertiary/aromatic N) is 2. The van der Waals surface area contributed by atoms with Gasteiger partial charge in [0.05, 0.1) is 11.4 Å². The third kappa shape index (κ3) is 2.50. The van der Waals surface area contributed by atoms with Gasteiger partial charge in [0.2, 0.25) is 10.0 Å². The Balaban J connectivity index is 1.38. The van der Waals surface area contributed by atoms with Crippen LogP contribution in [0.3, 0.4) is 0 Å². The molecule has 3 aliphatic carbocycles. The molecule has 2 heterocycles. The van der Waals surface area contributed by atoms with Crippen molar-refractivity contribution in [3.63, 3.8) is 0 Å². The highest BCUT2D eigenvalue weighted by molar-refractivity contribution is 7.89. The number of hydrogen-bond acceptors (Lipinski definition) is 4. The third-order valence-corrected chi connectivity index (χ3v) is 10.1. The minimum Gasteiger partial charge on any atom is -0.299 e. The summed E-state index contributed by atoms with van der Waals surface area (Å²) in [6.45, 7) is 5.19. The molecular weight excluding hydrogens is 362 g/mol. The normalized spacial score (nSPS) is 33.3. The van der Waals surface area contributed by atoms with Gasteiger partial charge < -0.3 is 0 Å². The standard InChI is InChI=1S/C20H29N3O3S/c1-19(2)14-5-8-20(19,17(24)11-14)12-27(25,26)23-9-6-15-16(7-10-23)21-22-18(15)13-3-4-13/h13-14H,3-12H2,1-2H3,(H,21,22)/t14-,20-/m1/s1. The number of aromatic amines is 1. The first-order chi connectivity index (χ1) is 12.7. The molecule has 0 unspecified atom stereocenters. The van der Waals surface area contributed by atoms with Gasteiger partial charge >= 0.3 is 0 Å². The van der Waals surface area contributed by atoms with Crippen molar-refractivity contribution >= 4 is 15.8 Å². The van der Waals surface area contributed by atoms with Crippen LogP contribution >= 0.6 is 0 Å². The molecule has 2 atom stereocenters. The minimum atomic E-state index is -3.47. The summed E-state index contributed by atoms with van der Waals surface area (Å²) in [4.78, 5) is 12.8. The lowest BCUT2D eigenvalue weighted by Gasteiger charge is -2.37. The fraction of sp³-hybridized carbons (Fsp3) is 0.800. The van der Waals surface area contributed by atoms with Crippen molar-refractivity contribution in [3.05, 3.63) is 17.0 Å². The lowest BCUT2D eigenvalue weighted by atomic mass is 9.70.